The molecule has 1 aromatic heterocycles. The number of thioether (sulfide) groups is 1. The maximum absolute atomic E-state index is 12.7. The summed E-state index contributed by atoms with van der Waals surface area (Å²) in [5, 5.41) is 0.289. The molecule has 1 aliphatic rings. The second-order valence-corrected chi connectivity index (χ2v) is 7.33. The molecule has 2 amide bonds. The Kier molecular flexibility index (Phi) is 5.06. The molecule has 6 heteroatoms. The second kappa shape index (κ2) is 7.10. The van der Waals surface area contributed by atoms with Gasteiger partial charge in [-0.1, -0.05) is 29.8 Å². The zero-order chi connectivity index (χ0) is 18.1. The van der Waals surface area contributed by atoms with E-state index in [1.807, 2.05) is 44.2 Å². The largest absolute Gasteiger partial charge is 0.349 e. The number of amides is 2. The zero-order valence-corrected chi connectivity index (χ0v) is 15.9. The lowest BCUT2D eigenvalue weighted by Crippen LogP contribution is -2.27. The first-order chi connectivity index (χ1) is 11.9. The van der Waals surface area contributed by atoms with Crippen molar-refractivity contribution in [3.63, 3.8) is 0 Å². The van der Waals surface area contributed by atoms with Crippen molar-refractivity contribution in [3.05, 3.63) is 62.8 Å². The van der Waals surface area contributed by atoms with Crippen LogP contribution in [0.3, 0.4) is 0 Å². The van der Waals surface area contributed by atoms with Crippen molar-refractivity contribution < 1.29 is 9.59 Å². The molecule has 2 heterocycles. The molecule has 0 aliphatic carbocycles. The first-order valence-electron chi connectivity index (χ1n) is 8.08. The molecule has 3 rings (SSSR count). The number of hydrogen-bond donors (Lipinski definition) is 0. The Morgan fingerprint density at radius 1 is 1.20 bits per heavy atom. The van der Waals surface area contributed by atoms with E-state index in [-0.39, 0.29) is 17.7 Å². The van der Waals surface area contributed by atoms with Crippen LogP contribution in [-0.2, 0) is 17.9 Å². The number of hydrogen-bond acceptors (Lipinski definition) is 3. The van der Waals surface area contributed by atoms with Gasteiger partial charge in [-0.15, -0.1) is 0 Å². The van der Waals surface area contributed by atoms with Crippen LogP contribution in [0.5, 0.6) is 0 Å². The third-order valence-electron chi connectivity index (χ3n) is 4.38. The van der Waals surface area contributed by atoms with E-state index in [1.165, 1.54) is 4.90 Å². The lowest BCUT2D eigenvalue weighted by molar-refractivity contribution is -0.123. The Balaban J connectivity index is 1.87. The molecule has 0 radical (unpaired) electrons. The molecular weight excluding hydrogens is 356 g/mol. The number of carbonyl (C=O) groups excluding carboxylic acids is 2. The molecule has 1 aromatic carbocycles. The highest BCUT2D eigenvalue weighted by atomic mass is 35.5. The van der Waals surface area contributed by atoms with E-state index in [1.54, 1.807) is 6.07 Å². The van der Waals surface area contributed by atoms with Gasteiger partial charge >= 0.3 is 0 Å². The van der Waals surface area contributed by atoms with Gasteiger partial charge in [-0.3, -0.25) is 14.5 Å². The molecule has 130 valence electrons. The molecule has 1 fully saturated rings. The van der Waals surface area contributed by atoms with Crippen LogP contribution in [-0.4, -0.2) is 20.6 Å². The fourth-order valence-corrected chi connectivity index (χ4v) is 4.06. The summed E-state index contributed by atoms with van der Waals surface area (Å²) < 4.78 is 2.18. The molecule has 0 N–H and O–H groups in total. The van der Waals surface area contributed by atoms with Gasteiger partial charge in [0.2, 0.25) is 0 Å². The minimum atomic E-state index is -0.267. The van der Waals surface area contributed by atoms with E-state index >= 15 is 0 Å². The quantitative estimate of drug-likeness (QED) is 0.706. The van der Waals surface area contributed by atoms with Gasteiger partial charge in [-0.25, -0.2) is 0 Å². The fraction of sp³-hybridized carbons (Fsp3) is 0.263. The van der Waals surface area contributed by atoms with Crippen LogP contribution in [0.1, 0.15) is 29.4 Å². The molecule has 0 bridgehead atoms. The SMILES string of the molecule is CCn1c(C)cc(/C=C2\SC(=O)N(Cc3ccccc3Cl)C2=O)c1C. The molecule has 0 saturated carbocycles. The topological polar surface area (TPSA) is 42.3 Å². The van der Waals surface area contributed by atoms with Crippen LogP contribution in [0, 0.1) is 13.8 Å². The van der Waals surface area contributed by atoms with E-state index in [9.17, 15) is 9.59 Å². The van der Waals surface area contributed by atoms with Gasteiger partial charge in [0.25, 0.3) is 11.1 Å². The van der Waals surface area contributed by atoms with Gasteiger partial charge in [-0.05, 0) is 61.9 Å². The molecular formula is C19H19ClN2O2S. The van der Waals surface area contributed by atoms with E-state index in [0.29, 0.717) is 9.93 Å². The zero-order valence-electron chi connectivity index (χ0n) is 14.4. The van der Waals surface area contributed by atoms with E-state index in [2.05, 4.69) is 11.5 Å². The van der Waals surface area contributed by atoms with Crippen molar-refractivity contribution in [1.82, 2.24) is 9.47 Å². The lowest BCUT2D eigenvalue weighted by Gasteiger charge is -2.13. The first-order valence-corrected chi connectivity index (χ1v) is 9.27. The van der Waals surface area contributed by atoms with Gasteiger partial charge in [0, 0.05) is 23.0 Å². The van der Waals surface area contributed by atoms with Gasteiger partial charge in [0.1, 0.15) is 0 Å². The minimum absolute atomic E-state index is 0.190. The highest BCUT2D eigenvalue weighted by molar-refractivity contribution is 8.18. The maximum atomic E-state index is 12.7. The summed E-state index contributed by atoms with van der Waals surface area (Å²) in [4.78, 5) is 26.7. The summed E-state index contributed by atoms with van der Waals surface area (Å²) in [5.74, 6) is -0.267. The van der Waals surface area contributed by atoms with Gasteiger partial charge in [0.15, 0.2) is 0 Å². The summed E-state index contributed by atoms with van der Waals surface area (Å²) in [6.45, 7) is 7.21. The van der Waals surface area contributed by atoms with Crippen LogP contribution in [0.4, 0.5) is 4.79 Å². The Bertz CT molecular complexity index is 886. The third kappa shape index (κ3) is 3.39. The summed E-state index contributed by atoms with van der Waals surface area (Å²) in [7, 11) is 0. The summed E-state index contributed by atoms with van der Waals surface area (Å²) in [6.07, 6.45) is 1.81. The molecule has 4 nitrogen and oxygen atoms in total. The molecule has 0 unspecified atom stereocenters. The summed E-state index contributed by atoms with van der Waals surface area (Å²) in [5.41, 5.74) is 3.97. The molecule has 1 saturated heterocycles. The first kappa shape index (κ1) is 17.8. The molecule has 0 spiro atoms. The standard InChI is InChI=1S/C19H19ClN2O2S/c1-4-21-12(2)9-15(13(21)3)10-17-18(23)22(19(24)25-17)11-14-7-5-6-8-16(14)20/h5-10H,4,11H2,1-3H3/b17-10-. The van der Waals surface area contributed by atoms with Crippen LogP contribution in [0.15, 0.2) is 35.2 Å². The van der Waals surface area contributed by atoms with Gasteiger partial charge in [0.05, 0.1) is 11.4 Å². The summed E-state index contributed by atoms with van der Waals surface area (Å²) in [6, 6.07) is 9.29. The Morgan fingerprint density at radius 2 is 1.92 bits per heavy atom. The summed E-state index contributed by atoms with van der Waals surface area (Å²) >= 11 is 7.13. The average molecular weight is 375 g/mol. The van der Waals surface area contributed by atoms with Crippen LogP contribution < -0.4 is 0 Å². The van der Waals surface area contributed by atoms with Crippen molar-refractivity contribution in [3.8, 4) is 0 Å². The Morgan fingerprint density at radius 3 is 2.56 bits per heavy atom. The van der Waals surface area contributed by atoms with Crippen LogP contribution in [0.25, 0.3) is 6.08 Å². The normalized spacial score (nSPS) is 16.3. The molecule has 1 aliphatic heterocycles. The highest BCUT2D eigenvalue weighted by Crippen LogP contribution is 2.34. The Hall–Kier alpha value is -1.98. The van der Waals surface area contributed by atoms with Gasteiger partial charge < -0.3 is 4.57 Å². The van der Waals surface area contributed by atoms with E-state index < -0.39 is 0 Å². The predicted molar refractivity (Wildman–Crippen MR) is 103 cm³/mol. The molecule has 0 atom stereocenters. The van der Waals surface area contributed by atoms with Crippen molar-refractivity contribution >= 4 is 40.6 Å². The Labute approximate surface area is 156 Å². The number of benzene rings is 1. The smallest absolute Gasteiger partial charge is 0.293 e. The van der Waals surface area contributed by atoms with Crippen molar-refractivity contribution in [2.45, 2.75) is 33.9 Å². The number of halogens is 1. The third-order valence-corrected chi connectivity index (χ3v) is 5.65. The van der Waals surface area contributed by atoms with Crippen LogP contribution >= 0.6 is 23.4 Å². The molecule has 25 heavy (non-hydrogen) atoms. The minimum Gasteiger partial charge on any atom is -0.349 e. The highest BCUT2D eigenvalue weighted by Gasteiger charge is 2.35. The second-order valence-electron chi connectivity index (χ2n) is 5.93. The average Bonchev–Trinajstić information content (AvgIpc) is 2.99. The number of nitrogens with zero attached hydrogens (tertiary/aromatic N) is 2. The van der Waals surface area contributed by atoms with Crippen molar-refractivity contribution in [2.24, 2.45) is 0 Å². The fourth-order valence-electron chi connectivity index (χ4n) is 3.03. The maximum Gasteiger partial charge on any atom is 0.293 e. The van der Waals surface area contributed by atoms with E-state index in [0.717, 1.165) is 40.8 Å². The van der Waals surface area contributed by atoms with E-state index in [4.69, 9.17) is 11.6 Å². The lowest BCUT2D eigenvalue weighted by atomic mass is 10.2. The number of aromatic nitrogens is 1. The number of imide groups is 1. The van der Waals surface area contributed by atoms with Crippen LogP contribution in [0.2, 0.25) is 5.02 Å². The van der Waals surface area contributed by atoms with Crippen molar-refractivity contribution in [1.29, 1.82) is 0 Å². The molecule has 2 aromatic rings. The predicted octanol–water partition coefficient (Wildman–Crippen LogP) is 5.01. The monoisotopic (exact) mass is 374 g/mol. The number of aryl methyl sites for hydroxylation is 1. The van der Waals surface area contributed by atoms with Gasteiger partial charge in [-0.2, -0.15) is 0 Å². The number of carbonyl (C=O) groups is 2. The number of rotatable bonds is 4. The van der Waals surface area contributed by atoms with Crippen molar-refractivity contribution in [2.75, 3.05) is 0 Å².